The van der Waals surface area contributed by atoms with E-state index < -0.39 is 15.9 Å². The van der Waals surface area contributed by atoms with Crippen molar-refractivity contribution in [1.29, 1.82) is 0 Å². The van der Waals surface area contributed by atoms with Crippen molar-refractivity contribution >= 4 is 61.2 Å². The number of anilines is 2. The molecule has 3 aromatic carbocycles. The van der Waals surface area contributed by atoms with Gasteiger partial charge in [0.2, 0.25) is 11.9 Å². The van der Waals surface area contributed by atoms with Gasteiger partial charge in [0.25, 0.3) is 10.0 Å². The molecule has 1 aromatic heterocycles. The smallest absolute Gasteiger partial charge is 0.264 e. The van der Waals surface area contributed by atoms with Gasteiger partial charge in [-0.15, -0.1) is 0 Å². The van der Waals surface area contributed by atoms with Gasteiger partial charge in [-0.2, -0.15) is 0 Å². The second-order valence-corrected chi connectivity index (χ2v) is 12.0. The monoisotopic (exact) mass is 670 g/mol. The fourth-order valence-electron chi connectivity index (χ4n) is 3.88. The van der Waals surface area contributed by atoms with E-state index in [1.165, 1.54) is 30.3 Å². The molecule has 0 aliphatic rings. The van der Waals surface area contributed by atoms with E-state index in [0.717, 1.165) is 5.56 Å². The second kappa shape index (κ2) is 13.8. The molecule has 4 aromatic rings. The molecule has 0 spiro atoms. The topological polar surface area (TPSA) is 120 Å². The summed E-state index contributed by atoms with van der Waals surface area (Å²) in [5.74, 6) is 0.623. The molecule has 0 fully saturated rings. The lowest BCUT2D eigenvalue weighted by atomic mass is 10.1. The molecular formula is C30H28BrClN4O5S. The van der Waals surface area contributed by atoms with Crippen LogP contribution in [0.1, 0.15) is 29.4 Å². The van der Waals surface area contributed by atoms with Gasteiger partial charge in [0, 0.05) is 33.7 Å². The molecule has 0 saturated heterocycles. The molecule has 0 radical (unpaired) electrons. The number of nitrogens with one attached hydrogen (secondary N) is 2. The number of amides is 1. The lowest BCUT2D eigenvalue weighted by Crippen LogP contribution is -2.16. The molecule has 0 aliphatic carbocycles. The number of ether oxygens (including phenoxy) is 2. The summed E-state index contributed by atoms with van der Waals surface area (Å²) in [7, 11) is -3.91. The number of nitrogens with zero attached hydrogens (tertiary/aromatic N) is 2. The maximum absolute atomic E-state index is 12.8. The number of hydrogen-bond acceptors (Lipinski definition) is 7. The van der Waals surface area contributed by atoms with Gasteiger partial charge in [0.1, 0.15) is 6.61 Å². The highest BCUT2D eigenvalue weighted by atomic mass is 79.9. The average Bonchev–Trinajstić information content (AvgIpc) is 2.92. The van der Waals surface area contributed by atoms with E-state index in [1.54, 1.807) is 44.2 Å². The zero-order chi connectivity index (χ0) is 30.3. The lowest BCUT2D eigenvalue weighted by Gasteiger charge is -2.15. The van der Waals surface area contributed by atoms with E-state index in [0.29, 0.717) is 50.2 Å². The molecule has 12 heteroatoms. The molecule has 0 bridgehead atoms. The van der Waals surface area contributed by atoms with Crippen LogP contribution in [0.3, 0.4) is 0 Å². The number of carbonyl (C=O) groups excluding carboxylic acids is 1. The van der Waals surface area contributed by atoms with Crippen molar-refractivity contribution in [3.8, 4) is 11.5 Å². The number of sulfonamides is 1. The Balaban J connectivity index is 1.41. The number of hydrogen-bond donors (Lipinski definition) is 2. The summed E-state index contributed by atoms with van der Waals surface area (Å²) in [6, 6.07) is 18.5. The Morgan fingerprint density at radius 3 is 2.36 bits per heavy atom. The number of halogens is 2. The first-order chi connectivity index (χ1) is 20.0. The maximum atomic E-state index is 12.8. The van der Waals surface area contributed by atoms with Gasteiger partial charge in [-0.3, -0.25) is 4.79 Å². The second-order valence-electron chi connectivity index (χ2n) is 9.07. The van der Waals surface area contributed by atoms with Crippen LogP contribution in [0.5, 0.6) is 11.5 Å². The highest BCUT2D eigenvalue weighted by molar-refractivity contribution is 9.10. The minimum Gasteiger partial charge on any atom is -0.490 e. The van der Waals surface area contributed by atoms with Crippen LogP contribution in [0, 0.1) is 13.8 Å². The van der Waals surface area contributed by atoms with Crippen LogP contribution in [-0.4, -0.2) is 30.9 Å². The molecule has 0 atom stereocenters. The maximum Gasteiger partial charge on any atom is 0.264 e. The lowest BCUT2D eigenvalue weighted by molar-refractivity contribution is -0.111. The van der Waals surface area contributed by atoms with Crippen LogP contribution in [0.25, 0.3) is 6.08 Å². The Morgan fingerprint density at radius 2 is 1.69 bits per heavy atom. The Hall–Kier alpha value is -3.93. The number of aromatic nitrogens is 2. The number of aryl methyl sites for hydroxylation is 2. The summed E-state index contributed by atoms with van der Waals surface area (Å²) in [6.45, 7) is 6.05. The molecule has 0 unspecified atom stereocenters. The molecule has 2 N–H and O–H groups in total. The summed E-state index contributed by atoms with van der Waals surface area (Å²) in [6.07, 6.45) is 3.00. The largest absolute Gasteiger partial charge is 0.490 e. The van der Waals surface area contributed by atoms with Crippen LogP contribution in [-0.2, 0) is 21.4 Å². The molecule has 9 nitrogen and oxygen atoms in total. The minimum absolute atomic E-state index is 0.00366. The zero-order valence-electron chi connectivity index (χ0n) is 23.0. The van der Waals surface area contributed by atoms with Crippen LogP contribution < -0.4 is 19.5 Å². The van der Waals surface area contributed by atoms with E-state index in [-0.39, 0.29) is 17.5 Å². The third-order valence-corrected chi connectivity index (χ3v) is 8.03. The average molecular weight is 672 g/mol. The van der Waals surface area contributed by atoms with Crippen molar-refractivity contribution in [3.05, 3.63) is 105 Å². The van der Waals surface area contributed by atoms with Crippen LogP contribution >= 0.6 is 27.5 Å². The van der Waals surface area contributed by atoms with Crippen molar-refractivity contribution in [3.63, 3.8) is 0 Å². The molecule has 4 rings (SSSR count). The van der Waals surface area contributed by atoms with E-state index in [9.17, 15) is 13.2 Å². The molecule has 1 amide bonds. The third kappa shape index (κ3) is 8.31. The Morgan fingerprint density at radius 1 is 1.00 bits per heavy atom. The Kier molecular flexibility index (Phi) is 10.2. The van der Waals surface area contributed by atoms with Crippen LogP contribution in [0.4, 0.5) is 11.6 Å². The van der Waals surface area contributed by atoms with Gasteiger partial charge in [-0.25, -0.2) is 23.1 Å². The molecule has 0 saturated carbocycles. The van der Waals surface area contributed by atoms with Crippen molar-refractivity contribution in [2.45, 2.75) is 32.3 Å². The van der Waals surface area contributed by atoms with Crippen molar-refractivity contribution in [2.75, 3.05) is 16.6 Å². The Bertz CT molecular complexity index is 1710. The predicted octanol–water partition coefficient (Wildman–Crippen LogP) is 6.94. The van der Waals surface area contributed by atoms with E-state index in [1.807, 2.05) is 25.1 Å². The Labute approximate surface area is 258 Å². The fraction of sp³-hybridized carbons (Fsp3) is 0.167. The quantitative estimate of drug-likeness (QED) is 0.166. The highest BCUT2D eigenvalue weighted by Gasteiger charge is 2.17. The van der Waals surface area contributed by atoms with Gasteiger partial charge in [0.05, 0.1) is 16.0 Å². The number of rotatable bonds is 11. The minimum atomic E-state index is -3.91. The normalized spacial score (nSPS) is 11.4. The van der Waals surface area contributed by atoms with Crippen molar-refractivity contribution in [2.24, 2.45) is 0 Å². The highest BCUT2D eigenvalue weighted by Crippen LogP contribution is 2.38. The van der Waals surface area contributed by atoms with Gasteiger partial charge >= 0.3 is 0 Å². The first-order valence-electron chi connectivity index (χ1n) is 12.8. The summed E-state index contributed by atoms with van der Waals surface area (Å²) >= 11 is 9.78. The molecule has 0 aliphatic heterocycles. The van der Waals surface area contributed by atoms with E-state index >= 15 is 0 Å². The van der Waals surface area contributed by atoms with Gasteiger partial charge in [0.15, 0.2) is 11.5 Å². The van der Waals surface area contributed by atoms with Crippen LogP contribution in [0.15, 0.2) is 82.2 Å². The predicted molar refractivity (Wildman–Crippen MR) is 168 cm³/mol. The van der Waals surface area contributed by atoms with E-state index in [4.69, 9.17) is 21.1 Å². The van der Waals surface area contributed by atoms with Gasteiger partial charge in [-0.1, -0.05) is 29.8 Å². The van der Waals surface area contributed by atoms with Crippen molar-refractivity contribution in [1.82, 2.24) is 9.97 Å². The molecule has 218 valence electrons. The number of benzene rings is 3. The molecule has 42 heavy (non-hydrogen) atoms. The third-order valence-electron chi connectivity index (χ3n) is 5.73. The molecular weight excluding hydrogens is 644 g/mol. The SMILES string of the molecule is CCOc1cc(/C=C/C(=O)Nc2ccc(S(=O)(=O)Nc3nc(C)cc(C)n3)cc2)cc(Br)c1OCc1ccccc1Cl. The fourth-order valence-corrected chi connectivity index (χ4v) is 5.58. The molecule has 1 heterocycles. The summed E-state index contributed by atoms with van der Waals surface area (Å²) in [5.41, 5.74) is 3.25. The van der Waals surface area contributed by atoms with Gasteiger partial charge < -0.3 is 14.8 Å². The first kappa shape index (κ1) is 31.0. The van der Waals surface area contributed by atoms with Crippen molar-refractivity contribution < 1.29 is 22.7 Å². The van der Waals surface area contributed by atoms with Crippen LogP contribution in [0.2, 0.25) is 5.02 Å². The number of carbonyl (C=O) groups is 1. The summed E-state index contributed by atoms with van der Waals surface area (Å²) < 4.78 is 40.3. The first-order valence-corrected chi connectivity index (χ1v) is 15.5. The zero-order valence-corrected chi connectivity index (χ0v) is 26.2. The summed E-state index contributed by atoms with van der Waals surface area (Å²) in [4.78, 5) is 20.8. The summed E-state index contributed by atoms with van der Waals surface area (Å²) in [5, 5.41) is 3.33. The van der Waals surface area contributed by atoms with Gasteiger partial charge in [-0.05, 0) is 96.9 Å². The standard InChI is InChI=1S/C30H28BrClN4O5S/c1-4-40-27-17-21(16-25(31)29(27)41-18-22-7-5-6-8-26(22)32)9-14-28(37)35-23-10-12-24(13-11-23)42(38,39)36-30-33-19(2)15-20(3)34-30/h5-17H,4,18H2,1-3H3,(H,35,37)(H,33,34,36)/b14-9+. The van der Waals surface area contributed by atoms with E-state index in [2.05, 4.69) is 35.9 Å².